The third-order valence-corrected chi connectivity index (χ3v) is 1.87. The Morgan fingerprint density at radius 1 is 1.50 bits per heavy atom. The maximum Gasteiger partial charge on any atom is 0.191 e. The summed E-state index contributed by atoms with van der Waals surface area (Å²) in [7, 11) is 0. The Labute approximate surface area is 47.4 Å². The van der Waals surface area contributed by atoms with E-state index >= 15 is 0 Å². The SMILES string of the molecule is OCC1CC2(C1)N=N2. The molecule has 0 aromatic carbocycles. The minimum atomic E-state index is 0.0351. The molecular formula is C5H8N2O. The Hall–Kier alpha value is -0.440. The molecule has 0 saturated heterocycles. The smallest absolute Gasteiger partial charge is 0.191 e. The highest BCUT2D eigenvalue weighted by Gasteiger charge is 2.52. The minimum absolute atomic E-state index is 0.0351. The van der Waals surface area contributed by atoms with Crippen molar-refractivity contribution in [3.63, 3.8) is 0 Å². The van der Waals surface area contributed by atoms with Crippen molar-refractivity contribution in [3.8, 4) is 0 Å². The van der Waals surface area contributed by atoms with Crippen LogP contribution in [0.25, 0.3) is 0 Å². The second kappa shape index (κ2) is 1.10. The summed E-state index contributed by atoms with van der Waals surface area (Å²) >= 11 is 0. The van der Waals surface area contributed by atoms with Crippen LogP contribution in [-0.4, -0.2) is 17.4 Å². The Bertz CT molecular complexity index is 129. The molecule has 1 aliphatic carbocycles. The highest BCUT2D eigenvalue weighted by molar-refractivity contribution is 5.04. The Kier molecular flexibility index (Phi) is 0.612. The van der Waals surface area contributed by atoms with Crippen LogP contribution in [-0.2, 0) is 0 Å². The molecule has 3 nitrogen and oxygen atoms in total. The van der Waals surface area contributed by atoms with Crippen LogP contribution in [0.3, 0.4) is 0 Å². The van der Waals surface area contributed by atoms with Crippen molar-refractivity contribution in [1.82, 2.24) is 0 Å². The zero-order chi connectivity index (χ0) is 5.61. The molecule has 0 radical (unpaired) electrons. The van der Waals surface area contributed by atoms with Gasteiger partial charge in [0, 0.05) is 19.4 Å². The van der Waals surface area contributed by atoms with Gasteiger partial charge in [0.25, 0.3) is 0 Å². The van der Waals surface area contributed by atoms with Gasteiger partial charge in [0.05, 0.1) is 0 Å². The van der Waals surface area contributed by atoms with Crippen molar-refractivity contribution in [1.29, 1.82) is 0 Å². The highest BCUT2D eigenvalue weighted by Crippen LogP contribution is 2.50. The lowest BCUT2D eigenvalue weighted by molar-refractivity contribution is 0.124. The van der Waals surface area contributed by atoms with Crippen LogP contribution < -0.4 is 0 Å². The van der Waals surface area contributed by atoms with Crippen molar-refractivity contribution < 1.29 is 5.11 Å². The van der Waals surface area contributed by atoms with E-state index in [0.29, 0.717) is 12.5 Å². The molecule has 1 heterocycles. The minimum Gasteiger partial charge on any atom is -0.396 e. The first-order valence-electron chi connectivity index (χ1n) is 2.90. The standard InChI is InChI=1S/C5H8N2O/c8-3-4-1-5(2-4)6-7-5/h4,8H,1-3H2. The van der Waals surface area contributed by atoms with Crippen LogP contribution in [0.1, 0.15) is 12.8 Å². The van der Waals surface area contributed by atoms with E-state index in [1.165, 1.54) is 0 Å². The van der Waals surface area contributed by atoms with Crippen LogP contribution >= 0.6 is 0 Å². The molecule has 44 valence electrons. The molecule has 0 aromatic rings. The third-order valence-electron chi connectivity index (χ3n) is 1.87. The van der Waals surface area contributed by atoms with E-state index in [9.17, 15) is 0 Å². The first kappa shape index (κ1) is 4.44. The molecule has 1 spiro atoms. The van der Waals surface area contributed by atoms with Gasteiger partial charge in [0.1, 0.15) is 0 Å². The molecule has 0 unspecified atom stereocenters. The molecule has 0 atom stereocenters. The summed E-state index contributed by atoms with van der Waals surface area (Å²) in [5, 5.41) is 16.3. The molecule has 0 amide bonds. The molecule has 1 saturated carbocycles. The predicted octanol–water partition coefficient (Wildman–Crippen LogP) is 0.551. The molecule has 2 aliphatic rings. The van der Waals surface area contributed by atoms with E-state index in [1.54, 1.807) is 0 Å². The predicted molar refractivity (Wildman–Crippen MR) is 27.4 cm³/mol. The van der Waals surface area contributed by atoms with Gasteiger partial charge < -0.3 is 5.11 Å². The molecule has 1 aliphatic heterocycles. The topological polar surface area (TPSA) is 45.0 Å². The number of rotatable bonds is 1. The van der Waals surface area contributed by atoms with Gasteiger partial charge in [-0.25, -0.2) is 0 Å². The van der Waals surface area contributed by atoms with Crippen LogP contribution in [0, 0.1) is 5.92 Å². The molecular weight excluding hydrogens is 104 g/mol. The lowest BCUT2D eigenvalue weighted by Crippen LogP contribution is -2.33. The molecule has 1 N–H and O–H groups in total. The molecule has 8 heavy (non-hydrogen) atoms. The monoisotopic (exact) mass is 112 g/mol. The normalized spacial score (nSPS) is 30.6. The fourth-order valence-corrected chi connectivity index (χ4v) is 1.23. The van der Waals surface area contributed by atoms with Gasteiger partial charge in [-0.05, 0) is 5.92 Å². The van der Waals surface area contributed by atoms with Gasteiger partial charge in [-0.15, -0.1) is 0 Å². The zero-order valence-corrected chi connectivity index (χ0v) is 4.54. The van der Waals surface area contributed by atoms with E-state index in [4.69, 9.17) is 5.11 Å². The summed E-state index contributed by atoms with van der Waals surface area (Å²) < 4.78 is 0. The van der Waals surface area contributed by atoms with E-state index in [0.717, 1.165) is 12.8 Å². The second-order valence-electron chi connectivity index (χ2n) is 2.64. The summed E-state index contributed by atoms with van der Waals surface area (Å²) in [6, 6.07) is 0. The summed E-state index contributed by atoms with van der Waals surface area (Å²) in [5.74, 6) is 0.491. The van der Waals surface area contributed by atoms with Gasteiger partial charge in [0.2, 0.25) is 0 Å². The van der Waals surface area contributed by atoms with E-state index in [1.807, 2.05) is 0 Å². The van der Waals surface area contributed by atoms with Gasteiger partial charge in [-0.3, -0.25) is 0 Å². The number of nitrogens with zero attached hydrogens (tertiary/aromatic N) is 2. The summed E-state index contributed by atoms with van der Waals surface area (Å²) in [6.45, 7) is 0.312. The number of aliphatic hydroxyl groups excluding tert-OH is 1. The van der Waals surface area contributed by atoms with Gasteiger partial charge in [-0.1, -0.05) is 0 Å². The fourth-order valence-electron chi connectivity index (χ4n) is 1.23. The van der Waals surface area contributed by atoms with Gasteiger partial charge >= 0.3 is 0 Å². The first-order chi connectivity index (χ1) is 3.85. The van der Waals surface area contributed by atoms with E-state index in [-0.39, 0.29) is 5.66 Å². The van der Waals surface area contributed by atoms with E-state index < -0.39 is 0 Å². The van der Waals surface area contributed by atoms with Crippen molar-refractivity contribution in [2.24, 2.45) is 16.1 Å². The van der Waals surface area contributed by atoms with Crippen LogP contribution in [0.5, 0.6) is 0 Å². The molecule has 3 heteroatoms. The Morgan fingerprint density at radius 3 is 2.50 bits per heavy atom. The summed E-state index contributed by atoms with van der Waals surface area (Å²) in [5.41, 5.74) is 0.0351. The number of hydrogen-bond acceptors (Lipinski definition) is 3. The third kappa shape index (κ3) is 0.422. The van der Waals surface area contributed by atoms with Crippen molar-refractivity contribution in [3.05, 3.63) is 0 Å². The number of aliphatic hydroxyl groups is 1. The van der Waals surface area contributed by atoms with Crippen LogP contribution in [0.15, 0.2) is 10.2 Å². The average molecular weight is 112 g/mol. The lowest BCUT2D eigenvalue weighted by atomic mass is 9.78. The quantitative estimate of drug-likeness (QED) is 0.529. The lowest BCUT2D eigenvalue weighted by Gasteiger charge is -2.29. The summed E-state index contributed by atoms with van der Waals surface area (Å²) in [4.78, 5) is 0. The van der Waals surface area contributed by atoms with Gasteiger partial charge in [0.15, 0.2) is 5.66 Å². The first-order valence-corrected chi connectivity index (χ1v) is 2.90. The van der Waals surface area contributed by atoms with Crippen molar-refractivity contribution in [2.45, 2.75) is 18.5 Å². The van der Waals surface area contributed by atoms with Crippen molar-refractivity contribution in [2.75, 3.05) is 6.61 Å². The Balaban J connectivity index is 1.85. The second-order valence-corrected chi connectivity index (χ2v) is 2.64. The highest BCUT2D eigenvalue weighted by atomic mass is 16.3. The molecule has 0 aromatic heterocycles. The fraction of sp³-hybridized carbons (Fsp3) is 1.00. The molecule has 1 fully saturated rings. The average Bonchev–Trinajstić information content (AvgIpc) is 2.38. The maximum atomic E-state index is 8.56. The van der Waals surface area contributed by atoms with Gasteiger partial charge in [-0.2, -0.15) is 10.2 Å². The van der Waals surface area contributed by atoms with Crippen LogP contribution in [0.2, 0.25) is 0 Å². The molecule has 2 rings (SSSR count). The maximum absolute atomic E-state index is 8.56. The van der Waals surface area contributed by atoms with Crippen molar-refractivity contribution >= 4 is 0 Å². The number of hydrogen-bond donors (Lipinski definition) is 1. The summed E-state index contributed by atoms with van der Waals surface area (Å²) in [6.07, 6.45) is 1.98. The largest absolute Gasteiger partial charge is 0.396 e. The van der Waals surface area contributed by atoms with E-state index in [2.05, 4.69) is 10.2 Å². The Morgan fingerprint density at radius 2 is 2.12 bits per heavy atom. The van der Waals surface area contributed by atoms with Crippen LogP contribution in [0.4, 0.5) is 0 Å². The zero-order valence-electron chi connectivity index (χ0n) is 4.54. The molecule has 0 bridgehead atoms.